The Bertz CT molecular complexity index is 592. The van der Waals surface area contributed by atoms with E-state index in [2.05, 4.69) is 13.0 Å². The topological polar surface area (TPSA) is 49.7 Å². The molecular weight excluding hydrogens is 276 g/mol. The summed E-state index contributed by atoms with van der Waals surface area (Å²) in [6.07, 6.45) is 4.43. The number of ether oxygens (including phenoxy) is 1. The van der Waals surface area contributed by atoms with E-state index in [0.29, 0.717) is 0 Å². The Hall–Kier alpha value is -1.42. The van der Waals surface area contributed by atoms with Crippen LogP contribution in [0.3, 0.4) is 0 Å². The van der Waals surface area contributed by atoms with E-state index >= 15 is 0 Å². The summed E-state index contributed by atoms with van der Waals surface area (Å²) in [7, 11) is 0. The number of unbranched alkanes of at least 4 members (excludes halogenated alkanes) is 2. The van der Waals surface area contributed by atoms with Gasteiger partial charge in [-0.1, -0.05) is 50.1 Å². The summed E-state index contributed by atoms with van der Waals surface area (Å²) in [5.74, 6) is 0. The summed E-state index contributed by atoms with van der Waals surface area (Å²) in [5, 5.41) is 21.2. The number of aliphatic hydroxyl groups excluding tert-OH is 2. The zero-order valence-electron chi connectivity index (χ0n) is 13.3. The number of hydrogen-bond donors (Lipinski definition) is 2. The molecule has 22 heavy (non-hydrogen) atoms. The van der Waals surface area contributed by atoms with Gasteiger partial charge in [-0.2, -0.15) is 0 Å². The van der Waals surface area contributed by atoms with E-state index in [-0.39, 0.29) is 13.2 Å². The molecule has 0 aromatic heterocycles. The molecule has 0 bridgehead atoms. The Kier molecular flexibility index (Phi) is 6.84. The van der Waals surface area contributed by atoms with E-state index in [1.165, 1.54) is 18.4 Å². The molecule has 2 rings (SSSR count). The van der Waals surface area contributed by atoms with Crippen molar-refractivity contribution in [3.05, 3.63) is 47.0 Å². The van der Waals surface area contributed by atoms with Gasteiger partial charge in [0.05, 0.1) is 19.8 Å². The molecule has 120 valence electrons. The number of hydrogen-bond acceptors (Lipinski definition) is 3. The van der Waals surface area contributed by atoms with Crippen molar-refractivity contribution in [3.63, 3.8) is 0 Å². The molecule has 2 aromatic carbocycles. The molecule has 0 unspecified atom stereocenters. The Labute approximate surface area is 132 Å². The first-order valence-electron chi connectivity index (χ1n) is 8.13. The standard InChI is InChI=1S/C19H26O3/c1-2-3-4-11-22-12-10-15-6-5-7-18-17(15)9-8-16(13-20)19(18)14-21/h5-9,20-21H,2-4,10-14H2,1H3. The molecule has 0 saturated heterocycles. The molecule has 2 aromatic rings. The van der Waals surface area contributed by atoms with Gasteiger partial charge in [-0.3, -0.25) is 0 Å². The highest BCUT2D eigenvalue weighted by atomic mass is 16.5. The van der Waals surface area contributed by atoms with Crippen LogP contribution in [-0.4, -0.2) is 23.4 Å². The molecule has 0 heterocycles. The fourth-order valence-electron chi connectivity index (χ4n) is 2.82. The van der Waals surface area contributed by atoms with Crippen molar-refractivity contribution in [3.8, 4) is 0 Å². The second-order valence-corrected chi connectivity index (χ2v) is 5.60. The molecular formula is C19H26O3. The van der Waals surface area contributed by atoms with Gasteiger partial charge in [0.15, 0.2) is 0 Å². The summed E-state index contributed by atoms with van der Waals surface area (Å²) in [4.78, 5) is 0. The third-order valence-corrected chi connectivity index (χ3v) is 4.10. The molecule has 0 fully saturated rings. The van der Waals surface area contributed by atoms with Gasteiger partial charge >= 0.3 is 0 Å². The number of aliphatic hydroxyl groups is 2. The largest absolute Gasteiger partial charge is 0.392 e. The predicted octanol–water partition coefficient (Wildman–Crippen LogP) is 3.57. The van der Waals surface area contributed by atoms with Crippen LogP contribution < -0.4 is 0 Å². The Morgan fingerprint density at radius 2 is 1.73 bits per heavy atom. The zero-order chi connectivity index (χ0) is 15.8. The van der Waals surface area contributed by atoms with Crippen molar-refractivity contribution in [2.24, 2.45) is 0 Å². The number of benzene rings is 2. The minimum absolute atomic E-state index is 0.0450. The first kappa shape index (κ1) is 16.9. The van der Waals surface area contributed by atoms with Crippen LogP contribution in [-0.2, 0) is 24.4 Å². The molecule has 2 N–H and O–H groups in total. The first-order valence-corrected chi connectivity index (χ1v) is 8.13. The van der Waals surface area contributed by atoms with Crippen LogP contribution in [0.25, 0.3) is 10.8 Å². The van der Waals surface area contributed by atoms with E-state index in [9.17, 15) is 10.2 Å². The van der Waals surface area contributed by atoms with Crippen molar-refractivity contribution in [2.45, 2.75) is 45.8 Å². The van der Waals surface area contributed by atoms with Crippen LogP contribution in [0.5, 0.6) is 0 Å². The van der Waals surface area contributed by atoms with Gasteiger partial charge in [0.1, 0.15) is 0 Å². The molecule has 3 nitrogen and oxygen atoms in total. The maximum Gasteiger partial charge on any atom is 0.0691 e. The first-order chi connectivity index (χ1) is 10.8. The van der Waals surface area contributed by atoms with E-state index in [1.54, 1.807) is 0 Å². The van der Waals surface area contributed by atoms with Gasteiger partial charge in [-0.15, -0.1) is 0 Å². The van der Waals surface area contributed by atoms with Crippen LogP contribution >= 0.6 is 0 Å². The van der Waals surface area contributed by atoms with Crippen molar-refractivity contribution >= 4 is 10.8 Å². The molecule has 0 atom stereocenters. The molecule has 0 aliphatic carbocycles. The van der Waals surface area contributed by atoms with Crippen LogP contribution in [0.2, 0.25) is 0 Å². The maximum atomic E-state index is 9.60. The van der Waals surface area contributed by atoms with Crippen LogP contribution in [0.4, 0.5) is 0 Å². The molecule has 3 heteroatoms. The lowest BCUT2D eigenvalue weighted by molar-refractivity contribution is 0.133. The summed E-state index contributed by atoms with van der Waals surface area (Å²) < 4.78 is 5.70. The SMILES string of the molecule is CCCCCOCCc1cccc2c(CO)c(CO)ccc12. The Morgan fingerprint density at radius 3 is 2.45 bits per heavy atom. The second-order valence-electron chi connectivity index (χ2n) is 5.60. The van der Waals surface area contributed by atoms with Crippen LogP contribution in [0.15, 0.2) is 30.3 Å². The quantitative estimate of drug-likeness (QED) is 0.696. The molecule has 0 radical (unpaired) electrons. The third-order valence-electron chi connectivity index (χ3n) is 4.10. The summed E-state index contributed by atoms with van der Waals surface area (Å²) >= 11 is 0. The predicted molar refractivity (Wildman–Crippen MR) is 89.8 cm³/mol. The van der Waals surface area contributed by atoms with Gasteiger partial charge in [0.25, 0.3) is 0 Å². The van der Waals surface area contributed by atoms with Gasteiger partial charge in [0.2, 0.25) is 0 Å². The highest BCUT2D eigenvalue weighted by Gasteiger charge is 2.09. The van der Waals surface area contributed by atoms with Crippen molar-refractivity contribution in [1.29, 1.82) is 0 Å². The minimum atomic E-state index is -0.0514. The maximum absolute atomic E-state index is 9.60. The lowest BCUT2D eigenvalue weighted by Crippen LogP contribution is -2.02. The average Bonchev–Trinajstić information content (AvgIpc) is 2.56. The highest BCUT2D eigenvalue weighted by molar-refractivity contribution is 5.89. The Morgan fingerprint density at radius 1 is 0.864 bits per heavy atom. The Balaban J connectivity index is 2.11. The van der Waals surface area contributed by atoms with E-state index in [0.717, 1.165) is 48.0 Å². The van der Waals surface area contributed by atoms with E-state index in [1.807, 2.05) is 24.3 Å². The van der Waals surface area contributed by atoms with Crippen molar-refractivity contribution < 1.29 is 14.9 Å². The third kappa shape index (κ3) is 4.07. The van der Waals surface area contributed by atoms with Gasteiger partial charge in [-0.25, -0.2) is 0 Å². The summed E-state index contributed by atoms with van der Waals surface area (Å²) in [5.41, 5.74) is 2.85. The highest BCUT2D eigenvalue weighted by Crippen LogP contribution is 2.26. The molecule has 0 spiro atoms. The zero-order valence-corrected chi connectivity index (χ0v) is 13.3. The van der Waals surface area contributed by atoms with E-state index in [4.69, 9.17) is 4.74 Å². The normalized spacial score (nSPS) is 11.2. The molecule has 0 aliphatic rings. The monoisotopic (exact) mass is 302 g/mol. The average molecular weight is 302 g/mol. The molecule has 0 amide bonds. The minimum Gasteiger partial charge on any atom is -0.392 e. The van der Waals surface area contributed by atoms with Gasteiger partial charge < -0.3 is 14.9 Å². The fourth-order valence-corrected chi connectivity index (χ4v) is 2.82. The summed E-state index contributed by atoms with van der Waals surface area (Å²) in [6.45, 7) is 3.64. The lowest BCUT2D eigenvalue weighted by Gasteiger charge is -2.13. The van der Waals surface area contributed by atoms with Gasteiger partial charge in [0, 0.05) is 6.61 Å². The van der Waals surface area contributed by atoms with E-state index < -0.39 is 0 Å². The van der Waals surface area contributed by atoms with Crippen molar-refractivity contribution in [1.82, 2.24) is 0 Å². The van der Waals surface area contributed by atoms with Gasteiger partial charge in [-0.05, 0) is 40.3 Å². The number of fused-ring (bicyclic) bond motifs is 1. The number of rotatable bonds is 9. The lowest BCUT2D eigenvalue weighted by atomic mass is 9.95. The molecule has 0 aliphatic heterocycles. The molecule has 0 saturated carbocycles. The van der Waals surface area contributed by atoms with Crippen molar-refractivity contribution in [2.75, 3.05) is 13.2 Å². The van der Waals surface area contributed by atoms with Crippen LogP contribution in [0.1, 0.15) is 42.9 Å². The smallest absolute Gasteiger partial charge is 0.0691 e. The second kappa shape index (κ2) is 8.89. The fraction of sp³-hybridized carbons (Fsp3) is 0.474. The van der Waals surface area contributed by atoms with Crippen LogP contribution in [0, 0.1) is 0 Å². The summed E-state index contributed by atoms with van der Waals surface area (Å²) in [6, 6.07) is 10.1.